The smallest absolute Gasteiger partial charge is 0.0206 e. The van der Waals surface area contributed by atoms with E-state index in [1.807, 2.05) is 0 Å². The number of nitrogens with two attached hydrogens (primary N) is 1. The standard InChI is InChI=1S/C8H18N2/c1-6(2)10-4-7(3)8(9)5-10/h6-8H,4-5,9H2,1-3H3/t7?,8-/m0/s1. The molecule has 10 heavy (non-hydrogen) atoms. The quantitative estimate of drug-likeness (QED) is 0.583. The second kappa shape index (κ2) is 2.89. The largest absolute Gasteiger partial charge is 0.326 e. The Morgan fingerprint density at radius 3 is 2.20 bits per heavy atom. The molecular weight excluding hydrogens is 124 g/mol. The maximum atomic E-state index is 5.86. The first-order valence-electron chi connectivity index (χ1n) is 4.11. The van der Waals surface area contributed by atoms with Gasteiger partial charge in [0.1, 0.15) is 0 Å². The molecule has 1 heterocycles. The van der Waals surface area contributed by atoms with E-state index in [1.165, 1.54) is 6.54 Å². The molecule has 1 fully saturated rings. The lowest BCUT2D eigenvalue weighted by atomic mass is 10.1. The minimum absolute atomic E-state index is 0.405. The number of hydrogen-bond donors (Lipinski definition) is 1. The molecule has 0 aromatic rings. The second-order valence-corrected chi connectivity index (χ2v) is 3.69. The molecular formula is C8H18N2. The summed E-state index contributed by atoms with van der Waals surface area (Å²) in [6.07, 6.45) is 0. The minimum Gasteiger partial charge on any atom is -0.326 e. The number of hydrogen-bond acceptors (Lipinski definition) is 2. The van der Waals surface area contributed by atoms with Gasteiger partial charge in [0.2, 0.25) is 0 Å². The highest BCUT2D eigenvalue weighted by atomic mass is 15.2. The van der Waals surface area contributed by atoms with Crippen LogP contribution in [0, 0.1) is 5.92 Å². The Labute approximate surface area is 63.4 Å². The first-order valence-corrected chi connectivity index (χ1v) is 4.11. The monoisotopic (exact) mass is 142 g/mol. The molecule has 2 N–H and O–H groups in total. The van der Waals surface area contributed by atoms with Crippen LogP contribution in [-0.2, 0) is 0 Å². The van der Waals surface area contributed by atoms with E-state index < -0.39 is 0 Å². The van der Waals surface area contributed by atoms with Gasteiger partial charge in [-0.25, -0.2) is 0 Å². The van der Waals surface area contributed by atoms with E-state index >= 15 is 0 Å². The zero-order valence-corrected chi connectivity index (χ0v) is 7.17. The summed E-state index contributed by atoms with van der Waals surface area (Å²) >= 11 is 0. The van der Waals surface area contributed by atoms with E-state index in [2.05, 4.69) is 25.7 Å². The van der Waals surface area contributed by atoms with Crippen LogP contribution in [0.1, 0.15) is 20.8 Å². The van der Waals surface area contributed by atoms with Crippen molar-refractivity contribution in [2.45, 2.75) is 32.9 Å². The van der Waals surface area contributed by atoms with Gasteiger partial charge in [0.15, 0.2) is 0 Å². The highest BCUT2D eigenvalue weighted by Crippen LogP contribution is 2.16. The van der Waals surface area contributed by atoms with Crippen molar-refractivity contribution in [3.63, 3.8) is 0 Å². The fourth-order valence-electron chi connectivity index (χ4n) is 1.45. The summed E-state index contributed by atoms with van der Waals surface area (Å²) in [6, 6.07) is 1.07. The number of likely N-dealkylation sites (tertiary alicyclic amines) is 1. The average Bonchev–Trinajstić information content (AvgIpc) is 2.13. The molecule has 0 aromatic carbocycles. The summed E-state index contributed by atoms with van der Waals surface area (Å²) in [6.45, 7) is 8.94. The highest BCUT2D eigenvalue weighted by Gasteiger charge is 2.27. The van der Waals surface area contributed by atoms with E-state index in [4.69, 9.17) is 5.73 Å². The molecule has 2 heteroatoms. The van der Waals surface area contributed by atoms with Gasteiger partial charge in [0, 0.05) is 25.2 Å². The van der Waals surface area contributed by atoms with Gasteiger partial charge in [0.05, 0.1) is 0 Å². The summed E-state index contributed by atoms with van der Waals surface area (Å²) in [5.41, 5.74) is 5.86. The summed E-state index contributed by atoms with van der Waals surface area (Å²) in [5, 5.41) is 0. The van der Waals surface area contributed by atoms with E-state index in [0.717, 1.165) is 6.54 Å². The van der Waals surface area contributed by atoms with Gasteiger partial charge in [-0.3, -0.25) is 4.90 Å². The molecule has 0 aliphatic carbocycles. The lowest BCUT2D eigenvalue weighted by Crippen LogP contribution is -2.31. The van der Waals surface area contributed by atoms with Crippen molar-refractivity contribution in [2.75, 3.05) is 13.1 Å². The molecule has 0 amide bonds. The normalized spacial score (nSPS) is 35.7. The predicted octanol–water partition coefficient (Wildman–Crippen LogP) is 0.674. The summed E-state index contributed by atoms with van der Waals surface area (Å²) in [7, 11) is 0. The third-order valence-electron chi connectivity index (χ3n) is 2.43. The van der Waals surface area contributed by atoms with Crippen molar-refractivity contribution in [3.8, 4) is 0 Å². The van der Waals surface area contributed by atoms with E-state index in [-0.39, 0.29) is 0 Å². The van der Waals surface area contributed by atoms with Crippen molar-refractivity contribution in [3.05, 3.63) is 0 Å². The van der Waals surface area contributed by atoms with Gasteiger partial charge in [-0.1, -0.05) is 6.92 Å². The van der Waals surface area contributed by atoms with Crippen molar-refractivity contribution < 1.29 is 0 Å². The Morgan fingerprint density at radius 1 is 1.40 bits per heavy atom. The Balaban J connectivity index is 2.41. The Bertz CT molecular complexity index is 102. The maximum Gasteiger partial charge on any atom is 0.0206 e. The third kappa shape index (κ3) is 1.50. The summed E-state index contributed by atoms with van der Waals surface area (Å²) < 4.78 is 0. The lowest BCUT2D eigenvalue weighted by Gasteiger charge is -2.19. The maximum absolute atomic E-state index is 5.86. The van der Waals surface area contributed by atoms with Crippen LogP contribution < -0.4 is 5.73 Å². The molecule has 0 aromatic heterocycles. The van der Waals surface area contributed by atoms with Gasteiger partial charge in [-0.2, -0.15) is 0 Å². The fraction of sp³-hybridized carbons (Fsp3) is 1.00. The molecule has 1 unspecified atom stereocenters. The van der Waals surface area contributed by atoms with Crippen LogP contribution in [0.25, 0.3) is 0 Å². The molecule has 2 nitrogen and oxygen atoms in total. The molecule has 0 spiro atoms. The van der Waals surface area contributed by atoms with Crippen LogP contribution in [0.4, 0.5) is 0 Å². The van der Waals surface area contributed by atoms with Gasteiger partial charge in [-0.15, -0.1) is 0 Å². The molecule has 60 valence electrons. The van der Waals surface area contributed by atoms with Crippen LogP contribution in [0.5, 0.6) is 0 Å². The predicted molar refractivity (Wildman–Crippen MR) is 43.8 cm³/mol. The Morgan fingerprint density at radius 2 is 2.00 bits per heavy atom. The van der Waals surface area contributed by atoms with Crippen molar-refractivity contribution in [1.82, 2.24) is 4.90 Å². The van der Waals surface area contributed by atoms with E-state index in [1.54, 1.807) is 0 Å². The second-order valence-electron chi connectivity index (χ2n) is 3.69. The summed E-state index contributed by atoms with van der Waals surface area (Å²) in [5.74, 6) is 0.683. The molecule has 0 radical (unpaired) electrons. The van der Waals surface area contributed by atoms with Crippen LogP contribution in [-0.4, -0.2) is 30.1 Å². The van der Waals surface area contributed by atoms with Gasteiger partial charge >= 0.3 is 0 Å². The SMILES string of the molecule is CC1CN(C(C)C)C[C@@H]1N. The van der Waals surface area contributed by atoms with Crippen LogP contribution in [0.3, 0.4) is 0 Å². The van der Waals surface area contributed by atoms with Crippen molar-refractivity contribution in [2.24, 2.45) is 11.7 Å². The van der Waals surface area contributed by atoms with Gasteiger partial charge < -0.3 is 5.73 Å². The zero-order chi connectivity index (χ0) is 7.72. The fourth-order valence-corrected chi connectivity index (χ4v) is 1.45. The first-order chi connectivity index (χ1) is 4.61. The van der Waals surface area contributed by atoms with Crippen LogP contribution in [0.15, 0.2) is 0 Å². The lowest BCUT2D eigenvalue weighted by molar-refractivity contribution is 0.266. The molecule has 1 rings (SSSR count). The number of nitrogens with zero attached hydrogens (tertiary/aromatic N) is 1. The molecule has 2 atom stereocenters. The topological polar surface area (TPSA) is 29.3 Å². The number of rotatable bonds is 1. The van der Waals surface area contributed by atoms with Crippen molar-refractivity contribution >= 4 is 0 Å². The van der Waals surface area contributed by atoms with Crippen LogP contribution in [0.2, 0.25) is 0 Å². The van der Waals surface area contributed by atoms with Gasteiger partial charge in [-0.05, 0) is 19.8 Å². The minimum atomic E-state index is 0.405. The summed E-state index contributed by atoms with van der Waals surface area (Å²) in [4.78, 5) is 2.44. The first kappa shape index (κ1) is 8.02. The van der Waals surface area contributed by atoms with Crippen molar-refractivity contribution in [1.29, 1.82) is 0 Å². The Hall–Kier alpha value is -0.0800. The average molecular weight is 142 g/mol. The Kier molecular flexibility index (Phi) is 2.32. The molecule has 1 saturated heterocycles. The molecule has 0 bridgehead atoms. The third-order valence-corrected chi connectivity index (χ3v) is 2.43. The molecule has 1 aliphatic rings. The van der Waals surface area contributed by atoms with Crippen LogP contribution >= 0.6 is 0 Å². The molecule has 1 aliphatic heterocycles. The molecule has 0 saturated carbocycles. The van der Waals surface area contributed by atoms with Gasteiger partial charge in [0.25, 0.3) is 0 Å². The van der Waals surface area contributed by atoms with E-state index in [9.17, 15) is 0 Å². The zero-order valence-electron chi connectivity index (χ0n) is 7.17. The van der Waals surface area contributed by atoms with E-state index in [0.29, 0.717) is 18.0 Å². The highest BCUT2D eigenvalue weighted by molar-refractivity contribution is 4.85.